The van der Waals surface area contributed by atoms with Crippen LogP contribution in [0, 0.1) is 0 Å². The van der Waals surface area contributed by atoms with Crippen molar-refractivity contribution in [2.24, 2.45) is 0 Å². The van der Waals surface area contributed by atoms with Gasteiger partial charge in [0.05, 0.1) is 17.5 Å². The largest absolute Gasteiger partial charge is 1.00 e. The summed E-state index contributed by atoms with van der Waals surface area (Å²) in [6.07, 6.45) is 2.97. The molecule has 0 N–H and O–H groups in total. The summed E-state index contributed by atoms with van der Waals surface area (Å²) in [5.74, 6) is 0. The fourth-order valence-corrected chi connectivity index (χ4v) is 2.61. The van der Waals surface area contributed by atoms with Crippen molar-refractivity contribution >= 4 is 11.1 Å². The summed E-state index contributed by atoms with van der Waals surface area (Å²) in [5.41, 5.74) is 0. The molecular weight excluding hydrogens is 175 g/mol. The van der Waals surface area contributed by atoms with Gasteiger partial charge in [0.15, 0.2) is 0 Å². The van der Waals surface area contributed by atoms with Crippen LogP contribution in [0.15, 0.2) is 0 Å². The van der Waals surface area contributed by atoms with E-state index in [1.54, 1.807) is 0 Å². The Kier molecular flexibility index (Phi) is 3.56. The Balaban J connectivity index is 0.000000605. The predicted octanol–water partition coefficient (Wildman–Crippen LogP) is -2.81. The molecule has 0 aromatic carbocycles. The Bertz CT molecular complexity index is 175. The Labute approximate surface area is 90.5 Å². The zero-order valence-electron chi connectivity index (χ0n) is 6.49. The van der Waals surface area contributed by atoms with Crippen molar-refractivity contribution in [3.8, 4) is 0 Å². The smallest absolute Gasteiger partial charge is 0.772 e. The fourth-order valence-electron chi connectivity index (χ4n) is 1.79. The molecule has 2 aliphatic rings. The second-order valence-corrected chi connectivity index (χ2v) is 4.04. The van der Waals surface area contributed by atoms with Gasteiger partial charge in [0.2, 0.25) is 0 Å². The summed E-state index contributed by atoms with van der Waals surface area (Å²) >= 11 is -1.92. The van der Waals surface area contributed by atoms with Gasteiger partial charge in [0, 0.05) is 0 Å². The summed E-state index contributed by atoms with van der Waals surface area (Å²) in [4.78, 5) is 0. The maximum absolute atomic E-state index is 10.5. The van der Waals surface area contributed by atoms with Crippen LogP contribution in [-0.4, -0.2) is 26.2 Å². The quantitative estimate of drug-likeness (QED) is 0.326. The molecule has 2 heterocycles. The molecule has 0 aromatic rings. The zero-order chi connectivity index (χ0) is 7.14. The van der Waals surface area contributed by atoms with Crippen molar-refractivity contribution in [2.45, 2.75) is 36.7 Å². The molecule has 11 heavy (non-hydrogen) atoms. The van der Waals surface area contributed by atoms with E-state index in [-0.39, 0.29) is 47.0 Å². The molecule has 2 saturated heterocycles. The first-order valence-corrected chi connectivity index (χ1v) is 4.64. The molecule has 2 fully saturated rings. The van der Waals surface area contributed by atoms with Gasteiger partial charge in [-0.2, -0.15) is 0 Å². The van der Waals surface area contributed by atoms with E-state index in [1.807, 2.05) is 0 Å². The van der Waals surface area contributed by atoms with E-state index in [1.165, 1.54) is 0 Å². The van der Waals surface area contributed by atoms with Crippen molar-refractivity contribution < 1.29 is 43.1 Å². The van der Waals surface area contributed by atoms with Gasteiger partial charge in [-0.3, -0.25) is 4.21 Å². The van der Waals surface area contributed by atoms with Crippen LogP contribution in [0.25, 0.3) is 0 Å². The van der Waals surface area contributed by atoms with Crippen LogP contribution in [-0.2, 0) is 15.8 Å². The van der Waals surface area contributed by atoms with E-state index < -0.39 is 11.1 Å². The molecule has 2 aliphatic heterocycles. The summed E-state index contributed by atoms with van der Waals surface area (Å²) < 4.78 is 26.4. The molecule has 0 aliphatic carbocycles. The normalized spacial score (nSPS) is 43.5. The van der Waals surface area contributed by atoms with Gasteiger partial charge in [0.25, 0.3) is 0 Å². The van der Waals surface area contributed by atoms with Crippen molar-refractivity contribution in [1.29, 1.82) is 0 Å². The van der Waals surface area contributed by atoms with E-state index in [9.17, 15) is 8.76 Å². The topological polar surface area (TPSA) is 49.4 Å². The number of hydrogen-bond acceptors (Lipinski definition) is 3. The maximum atomic E-state index is 10.5. The molecule has 3 nitrogen and oxygen atoms in total. The van der Waals surface area contributed by atoms with E-state index in [0.29, 0.717) is 0 Å². The molecule has 2 rings (SSSR count). The summed E-state index contributed by atoms with van der Waals surface area (Å²) in [6.45, 7) is 0. The molecule has 5 heteroatoms. The molecule has 58 valence electrons. The van der Waals surface area contributed by atoms with Gasteiger partial charge in [-0.1, -0.05) is 0 Å². The minimum Gasteiger partial charge on any atom is -0.772 e. The van der Waals surface area contributed by atoms with Crippen LogP contribution >= 0.6 is 0 Å². The van der Waals surface area contributed by atoms with Crippen LogP contribution in [0.4, 0.5) is 0 Å². The van der Waals surface area contributed by atoms with Gasteiger partial charge in [-0.25, -0.2) is 0 Å². The first-order chi connectivity index (χ1) is 4.77. The average molecular weight is 184 g/mol. The third kappa shape index (κ3) is 1.87. The Morgan fingerprint density at radius 1 is 1.45 bits per heavy atom. The van der Waals surface area contributed by atoms with E-state index in [0.717, 1.165) is 19.3 Å². The van der Waals surface area contributed by atoms with Gasteiger partial charge >= 0.3 is 29.6 Å². The van der Waals surface area contributed by atoms with Gasteiger partial charge in [-0.15, -0.1) is 0 Å². The number of ether oxygens (including phenoxy) is 1. The second kappa shape index (κ2) is 3.85. The molecule has 0 amide bonds. The summed E-state index contributed by atoms with van der Waals surface area (Å²) in [7, 11) is 0. The SMILES string of the molecule is O=S([O-])[C@@H]1C[C@@H]2CC[C@H]1O2.[Na+]. The average Bonchev–Trinajstić information content (AvgIpc) is 2.44. The Morgan fingerprint density at radius 2 is 2.18 bits per heavy atom. The first-order valence-electron chi connectivity index (χ1n) is 3.51. The van der Waals surface area contributed by atoms with Crippen LogP contribution in [0.5, 0.6) is 0 Å². The van der Waals surface area contributed by atoms with Gasteiger partial charge in [0.1, 0.15) is 0 Å². The third-order valence-corrected chi connectivity index (χ3v) is 3.29. The summed E-state index contributed by atoms with van der Waals surface area (Å²) in [6, 6.07) is 0. The molecule has 0 saturated carbocycles. The second-order valence-electron chi connectivity index (χ2n) is 2.91. The van der Waals surface area contributed by atoms with Gasteiger partial charge in [-0.05, 0) is 30.3 Å². The first kappa shape index (κ1) is 10.2. The van der Waals surface area contributed by atoms with Gasteiger partial charge < -0.3 is 9.29 Å². The van der Waals surface area contributed by atoms with Crippen LogP contribution in [0.2, 0.25) is 0 Å². The number of fused-ring (bicyclic) bond motifs is 2. The van der Waals surface area contributed by atoms with Crippen LogP contribution in [0.3, 0.4) is 0 Å². The molecule has 0 aromatic heterocycles. The third-order valence-electron chi connectivity index (χ3n) is 2.30. The van der Waals surface area contributed by atoms with E-state index in [2.05, 4.69) is 0 Å². The fraction of sp³-hybridized carbons (Fsp3) is 1.00. The molecule has 1 unspecified atom stereocenters. The summed E-state index contributed by atoms with van der Waals surface area (Å²) in [5, 5.41) is -0.209. The van der Waals surface area contributed by atoms with Crippen LogP contribution < -0.4 is 29.6 Å². The van der Waals surface area contributed by atoms with Crippen molar-refractivity contribution in [3.05, 3.63) is 0 Å². The molecule has 2 bridgehead atoms. The number of rotatable bonds is 1. The Hall–Kier alpha value is 1.07. The van der Waals surface area contributed by atoms with Crippen molar-refractivity contribution in [3.63, 3.8) is 0 Å². The van der Waals surface area contributed by atoms with Crippen molar-refractivity contribution in [2.75, 3.05) is 0 Å². The van der Waals surface area contributed by atoms with E-state index >= 15 is 0 Å². The molecule has 0 spiro atoms. The Morgan fingerprint density at radius 3 is 2.45 bits per heavy atom. The minimum atomic E-state index is -1.92. The van der Waals surface area contributed by atoms with E-state index in [4.69, 9.17) is 4.74 Å². The standard InChI is InChI=1S/C6H10O3S.Na/c7-10(8)6-3-4-1-2-5(6)9-4;/h4-6H,1-3H2,(H,7,8);/q;+1/p-1/t4-,5+,6+;/m0./s1. The molecule has 4 atom stereocenters. The van der Waals surface area contributed by atoms with Crippen molar-refractivity contribution in [1.82, 2.24) is 0 Å². The molecule has 0 radical (unpaired) electrons. The predicted molar refractivity (Wildman–Crippen MR) is 35.2 cm³/mol. The maximum Gasteiger partial charge on any atom is 1.00 e. The zero-order valence-corrected chi connectivity index (χ0v) is 9.30. The van der Waals surface area contributed by atoms with Crippen LogP contribution in [0.1, 0.15) is 19.3 Å². The monoisotopic (exact) mass is 184 g/mol. The molecular formula is C6H9NaO3S. The number of hydrogen-bond donors (Lipinski definition) is 0. The minimum absolute atomic E-state index is 0.